The fraction of sp³-hybridized carbons (Fsp3) is 0.423. The monoisotopic (exact) mass is 466 g/mol. The smallest absolute Gasteiger partial charge is 0.341 e. The molecular weight excluding hydrogens is 435 g/mol. The third kappa shape index (κ3) is 4.30. The van der Waals surface area contributed by atoms with E-state index in [2.05, 4.69) is 35.8 Å². The molecule has 1 fully saturated rings. The maximum atomic E-state index is 14.1. The molecule has 180 valence electrons. The number of hydrogen-bond donors (Lipinski definition) is 1. The van der Waals surface area contributed by atoms with Crippen molar-refractivity contribution in [3.63, 3.8) is 0 Å². The summed E-state index contributed by atoms with van der Waals surface area (Å²) in [6.07, 6.45) is 4.28. The Morgan fingerprint density at radius 2 is 2.00 bits per heavy atom. The number of hydrogen-bond acceptors (Lipinski definition) is 5. The molecule has 34 heavy (non-hydrogen) atoms. The second-order valence-corrected chi connectivity index (χ2v) is 9.33. The predicted molar refractivity (Wildman–Crippen MR) is 132 cm³/mol. The van der Waals surface area contributed by atoms with Crippen molar-refractivity contribution >= 4 is 22.7 Å². The molecule has 0 bridgehead atoms. The third-order valence-corrected chi connectivity index (χ3v) is 6.75. The maximum absolute atomic E-state index is 14.1. The van der Waals surface area contributed by atoms with Gasteiger partial charge in [0.2, 0.25) is 5.43 Å². The van der Waals surface area contributed by atoms with Crippen LogP contribution in [0.25, 0.3) is 16.6 Å². The van der Waals surface area contributed by atoms with E-state index in [-0.39, 0.29) is 16.9 Å². The van der Waals surface area contributed by atoms with E-state index in [0.29, 0.717) is 22.9 Å². The lowest BCUT2D eigenvalue weighted by Gasteiger charge is -2.43. The van der Waals surface area contributed by atoms with Crippen molar-refractivity contribution in [3.05, 3.63) is 63.8 Å². The summed E-state index contributed by atoms with van der Waals surface area (Å²) in [5.41, 5.74) is 0.585. The first-order valence-electron chi connectivity index (χ1n) is 11.7. The van der Waals surface area contributed by atoms with Crippen LogP contribution in [0.15, 0.2) is 41.3 Å². The van der Waals surface area contributed by atoms with Crippen LogP contribution in [0.2, 0.25) is 0 Å². The van der Waals surface area contributed by atoms with Gasteiger partial charge in [-0.3, -0.25) is 4.79 Å². The minimum absolute atomic E-state index is 0.0458. The summed E-state index contributed by atoms with van der Waals surface area (Å²) in [4.78, 5) is 34.5. The number of unbranched alkanes of at least 4 members (excludes halogenated alkanes) is 1. The highest BCUT2D eigenvalue weighted by molar-refractivity contribution is 5.95. The molecule has 1 aliphatic rings. The van der Waals surface area contributed by atoms with Gasteiger partial charge in [-0.15, -0.1) is 0 Å². The number of anilines is 1. The van der Waals surface area contributed by atoms with E-state index in [1.807, 2.05) is 19.1 Å². The number of aromatic carboxylic acids is 1. The number of fused-ring (bicyclic) bond motifs is 1. The molecule has 4 rings (SSSR count). The van der Waals surface area contributed by atoms with Gasteiger partial charge in [0.05, 0.1) is 17.4 Å². The first kappa shape index (κ1) is 23.9. The van der Waals surface area contributed by atoms with Crippen molar-refractivity contribution in [1.29, 1.82) is 0 Å². The highest BCUT2D eigenvalue weighted by Crippen LogP contribution is 2.31. The van der Waals surface area contributed by atoms with E-state index in [1.54, 1.807) is 16.8 Å². The second kappa shape index (κ2) is 9.54. The van der Waals surface area contributed by atoms with E-state index < -0.39 is 17.2 Å². The van der Waals surface area contributed by atoms with Crippen molar-refractivity contribution in [2.75, 3.05) is 32.1 Å². The quantitative estimate of drug-likeness (QED) is 0.534. The number of likely N-dealkylation sites (N-methyl/N-ethyl adjacent to an activating group) is 1. The molecule has 3 heterocycles. The van der Waals surface area contributed by atoms with E-state index >= 15 is 0 Å². The van der Waals surface area contributed by atoms with Gasteiger partial charge in [-0.05, 0) is 56.8 Å². The van der Waals surface area contributed by atoms with Crippen LogP contribution in [0.3, 0.4) is 0 Å². The van der Waals surface area contributed by atoms with Gasteiger partial charge in [0.25, 0.3) is 0 Å². The minimum atomic E-state index is -1.30. The number of carbonyl (C=O) groups is 1. The summed E-state index contributed by atoms with van der Waals surface area (Å²) < 4.78 is 15.8. The van der Waals surface area contributed by atoms with Crippen LogP contribution >= 0.6 is 0 Å². The molecule has 0 saturated carbocycles. The number of pyridine rings is 2. The Hall–Kier alpha value is -3.26. The molecule has 0 aliphatic carbocycles. The van der Waals surface area contributed by atoms with Crippen LogP contribution in [0, 0.1) is 5.82 Å². The molecule has 1 aliphatic heterocycles. The van der Waals surface area contributed by atoms with E-state index in [1.165, 1.54) is 6.07 Å². The molecular formula is C26H31FN4O3. The lowest BCUT2D eigenvalue weighted by molar-refractivity contribution is 0.0693. The van der Waals surface area contributed by atoms with Crippen LogP contribution in [0.5, 0.6) is 0 Å². The van der Waals surface area contributed by atoms with Crippen LogP contribution < -0.4 is 10.3 Å². The molecule has 1 N–H and O–H groups in total. The molecule has 3 aromatic rings. The molecule has 0 spiro atoms. The molecule has 1 unspecified atom stereocenters. The SMILES string of the molecule is CCCCC(C)c1c(C(=O)O)c(=O)c2cc(F)ccc2n1-c1ccc(N2CC(N(C)C)C2)nc1. The lowest BCUT2D eigenvalue weighted by atomic mass is 9.93. The standard InChI is InChI=1S/C26H31FN4O3/c1-5-6-7-16(2)24-23(26(33)34)25(32)20-12-17(27)8-10-21(20)31(24)18-9-11-22(28-13-18)30-14-19(15-30)29(3)4/h8-13,16,19H,5-7,14-15H2,1-4H3,(H,33,34). The average Bonchev–Trinajstić information content (AvgIpc) is 2.76. The van der Waals surface area contributed by atoms with E-state index in [9.17, 15) is 19.1 Å². The molecule has 0 radical (unpaired) electrons. The Morgan fingerprint density at radius 3 is 2.59 bits per heavy atom. The van der Waals surface area contributed by atoms with Gasteiger partial charge in [-0.1, -0.05) is 26.7 Å². The first-order chi connectivity index (χ1) is 16.2. The Bertz CT molecular complexity index is 1260. The minimum Gasteiger partial charge on any atom is -0.477 e. The molecule has 0 amide bonds. The zero-order chi connectivity index (χ0) is 24.6. The van der Waals surface area contributed by atoms with E-state index in [4.69, 9.17) is 0 Å². The zero-order valence-electron chi connectivity index (χ0n) is 20.1. The van der Waals surface area contributed by atoms with Crippen molar-refractivity contribution < 1.29 is 14.3 Å². The molecule has 8 heteroatoms. The Morgan fingerprint density at radius 1 is 1.26 bits per heavy atom. The molecule has 2 aromatic heterocycles. The zero-order valence-corrected chi connectivity index (χ0v) is 20.1. The number of halogens is 1. The average molecular weight is 467 g/mol. The predicted octanol–water partition coefficient (Wildman–Crippen LogP) is 4.27. The van der Waals surface area contributed by atoms with Crippen molar-refractivity contribution in [1.82, 2.24) is 14.5 Å². The van der Waals surface area contributed by atoms with Crippen LogP contribution in [0.1, 0.15) is 55.1 Å². The van der Waals surface area contributed by atoms with Gasteiger partial charge < -0.3 is 19.5 Å². The van der Waals surface area contributed by atoms with Gasteiger partial charge in [0, 0.05) is 30.2 Å². The van der Waals surface area contributed by atoms with Gasteiger partial charge in [-0.2, -0.15) is 0 Å². The number of carboxylic acids is 1. The summed E-state index contributed by atoms with van der Waals surface area (Å²) in [5, 5.41) is 10.1. The molecule has 1 aromatic carbocycles. The molecule has 1 atom stereocenters. The number of nitrogens with zero attached hydrogens (tertiary/aromatic N) is 4. The van der Waals surface area contributed by atoms with Crippen LogP contribution in [-0.2, 0) is 0 Å². The van der Waals surface area contributed by atoms with Crippen molar-refractivity contribution in [2.24, 2.45) is 0 Å². The van der Waals surface area contributed by atoms with Crippen molar-refractivity contribution in [2.45, 2.75) is 45.1 Å². The summed E-state index contributed by atoms with van der Waals surface area (Å²) in [7, 11) is 4.12. The fourth-order valence-electron chi connectivity index (χ4n) is 4.64. The lowest BCUT2D eigenvalue weighted by Crippen LogP contribution is -2.57. The van der Waals surface area contributed by atoms with Gasteiger partial charge in [0.15, 0.2) is 0 Å². The summed E-state index contributed by atoms with van der Waals surface area (Å²) in [6.45, 7) is 5.79. The summed E-state index contributed by atoms with van der Waals surface area (Å²) in [6, 6.07) is 8.24. The maximum Gasteiger partial charge on any atom is 0.341 e. The van der Waals surface area contributed by atoms with Gasteiger partial charge in [0.1, 0.15) is 17.2 Å². The number of benzene rings is 1. The third-order valence-electron chi connectivity index (χ3n) is 6.75. The summed E-state index contributed by atoms with van der Waals surface area (Å²) in [5.74, 6) is -1.23. The van der Waals surface area contributed by atoms with E-state index in [0.717, 1.165) is 44.2 Å². The Kier molecular flexibility index (Phi) is 6.70. The topological polar surface area (TPSA) is 78.7 Å². The molecule has 7 nitrogen and oxygen atoms in total. The van der Waals surface area contributed by atoms with Crippen molar-refractivity contribution in [3.8, 4) is 5.69 Å². The normalized spacial score (nSPS) is 15.1. The Labute approximate surface area is 198 Å². The number of carboxylic acid groups (broad SMARTS) is 1. The summed E-state index contributed by atoms with van der Waals surface area (Å²) >= 11 is 0. The highest BCUT2D eigenvalue weighted by Gasteiger charge is 2.30. The number of aromatic nitrogens is 2. The number of rotatable bonds is 8. The van der Waals surface area contributed by atoms with Crippen LogP contribution in [0.4, 0.5) is 10.2 Å². The fourth-order valence-corrected chi connectivity index (χ4v) is 4.64. The first-order valence-corrected chi connectivity index (χ1v) is 11.7. The Balaban J connectivity index is 1.89. The van der Waals surface area contributed by atoms with Gasteiger partial charge in [-0.25, -0.2) is 14.2 Å². The second-order valence-electron chi connectivity index (χ2n) is 9.33. The van der Waals surface area contributed by atoms with Gasteiger partial charge >= 0.3 is 5.97 Å². The molecule has 1 saturated heterocycles. The largest absolute Gasteiger partial charge is 0.477 e. The highest BCUT2D eigenvalue weighted by atomic mass is 19.1. The van der Waals surface area contributed by atoms with Crippen LogP contribution in [-0.4, -0.2) is 58.8 Å².